The number of rotatable bonds is 8. The zero-order chi connectivity index (χ0) is 19.9. The maximum Gasteiger partial charge on any atom is 0.193 e. The molecule has 0 heterocycles. The standard InChI is InChI=1S/C22H32N4O.HI/c1-16(2)27-20-13-11-19(12-14-20)25-21(23)24-15-22(4,5)26-17(3)18-9-7-6-8-10-18;/h6-14,16-17,26H,15H2,1-5H3,(H3,23,24,25);1H. The number of benzene rings is 2. The van der Waals surface area contributed by atoms with Crippen LogP contribution in [0, 0.1) is 0 Å². The highest BCUT2D eigenvalue weighted by molar-refractivity contribution is 14.0. The number of hydrogen-bond donors (Lipinski definition) is 3. The minimum atomic E-state index is -0.184. The summed E-state index contributed by atoms with van der Waals surface area (Å²) in [5.74, 6) is 1.24. The van der Waals surface area contributed by atoms with Crippen LogP contribution in [-0.4, -0.2) is 24.1 Å². The molecule has 4 N–H and O–H groups in total. The third-order valence-electron chi connectivity index (χ3n) is 4.05. The second-order valence-corrected chi connectivity index (χ2v) is 7.68. The van der Waals surface area contributed by atoms with Gasteiger partial charge in [0, 0.05) is 17.3 Å². The maximum absolute atomic E-state index is 6.05. The van der Waals surface area contributed by atoms with E-state index in [0.29, 0.717) is 12.5 Å². The van der Waals surface area contributed by atoms with Gasteiger partial charge in [0.25, 0.3) is 0 Å². The molecule has 0 bridgehead atoms. The first-order chi connectivity index (χ1) is 12.7. The molecule has 0 saturated heterocycles. The number of ether oxygens (including phenoxy) is 1. The normalized spacial score (nSPS) is 13.0. The van der Waals surface area contributed by atoms with Crippen LogP contribution in [0.1, 0.15) is 46.2 Å². The molecule has 154 valence electrons. The summed E-state index contributed by atoms with van der Waals surface area (Å²) in [5.41, 5.74) is 8.01. The van der Waals surface area contributed by atoms with Crippen molar-refractivity contribution in [3.8, 4) is 5.75 Å². The number of nitrogens with one attached hydrogen (secondary N) is 2. The summed E-state index contributed by atoms with van der Waals surface area (Å²) in [5, 5.41) is 6.73. The molecule has 1 atom stereocenters. The van der Waals surface area contributed by atoms with Gasteiger partial charge in [0.05, 0.1) is 12.6 Å². The first-order valence-corrected chi connectivity index (χ1v) is 9.41. The number of anilines is 1. The van der Waals surface area contributed by atoms with Gasteiger partial charge in [0.1, 0.15) is 5.75 Å². The number of aliphatic imine (C=N–C) groups is 1. The van der Waals surface area contributed by atoms with Crippen LogP contribution in [0.25, 0.3) is 0 Å². The van der Waals surface area contributed by atoms with Gasteiger partial charge in [-0.2, -0.15) is 0 Å². The molecule has 0 saturated carbocycles. The van der Waals surface area contributed by atoms with Crippen LogP contribution < -0.4 is 21.1 Å². The molecule has 0 amide bonds. The summed E-state index contributed by atoms with van der Waals surface area (Å²) in [6.45, 7) is 11.0. The predicted octanol–water partition coefficient (Wildman–Crippen LogP) is 4.95. The molecule has 0 aliphatic rings. The molecule has 2 aromatic rings. The Kier molecular flexibility index (Phi) is 9.75. The zero-order valence-corrected chi connectivity index (χ0v) is 19.7. The van der Waals surface area contributed by atoms with E-state index in [0.717, 1.165) is 11.4 Å². The van der Waals surface area contributed by atoms with Crippen LogP contribution in [0.15, 0.2) is 59.6 Å². The van der Waals surface area contributed by atoms with Crippen molar-refractivity contribution in [2.45, 2.75) is 52.3 Å². The van der Waals surface area contributed by atoms with E-state index in [1.54, 1.807) is 0 Å². The molecule has 1 unspecified atom stereocenters. The van der Waals surface area contributed by atoms with E-state index in [1.807, 2.05) is 44.2 Å². The second-order valence-electron chi connectivity index (χ2n) is 7.68. The van der Waals surface area contributed by atoms with Gasteiger partial charge in [0.15, 0.2) is 5.96 Å². The SMILES string of the molecule is CC(C)Oc1ccc(NC(N)=NCC(C)(C)NC(C)c2ccccc2)cc1.I. The average Bonchev–Trinajstić information content (AvgIpc) is 2.62. The van der Waals surface area contributed by atoms with Gasteiger partial charge < -0.3 is 21.1 Å². The lowest BCUT2D eigenvalue weighted by Crippen LogP contribution is -2.44. The molecule has 0 radical (unpaired) electrons. The van der Waals surface area contributed by atoms with Crippen molar-refractivity contribution in [1.82, 2.24) is 5.32 Å². The van der Waals surface area contributed by atoms with Crippen LogP contribution in [-0.2, 0) is 0 Å². The smallest absolute Gasteiger partial charge is 0.193 e. The first kappa shape index (κ1) is 24.2. The van der Waals surface area contributed by atoms with Crippen molar-refractivity contribution in [3.63, 3.8) is 0 Å². The summed E-state index contributed by atoms with van der Waals surface area (Å²) in [6, 6.07) is 18.3. The van der Waals surface area contributed by atoms with E-state index < -0.39 is 0 Å². The van der Waals surface area contributed by atoms with Gasteiger partial charge >= 0.3 is 0 Å². The van der Waals surface area contributed by atoms with Crippen LogP contribution in [0.3, 0.4) is 0 Å². The number of nitrogens with two attached hydrogens (primary N) is 1. The summed E-state index contributed by atoms with van der Waals surface area (Å²) in [7, 11) is 0. The van der Waals surface area contributed by atoms with E-state index in [1.165, 1.54) is 5.56 Å². The van der Waals surface area contributed by atoms with E-state index in [9.17, 15) is 0 Å². The van der Waals surface area contributed by atoms with Crippen LogP contribution >= 0.6 is 24.0 Å². The van der Waals surface area contributed by atoms with Gasteiger partial charge in [-0.15, -0.1) is 24.0 Å². The Bertz CT molecular complexity index is 730. The van der Waals surface area contributed by atoms with Gasteiger partial charge in [-0.3, -0.25) is 4.99 Å². The molecule has 0 fully saturated rings. The zero-order valence-electron chi connectivity index (χ0n) is 17.4. The van der Waals surface area contributed by atoms with Gasteiger partial charge in [0.2, 0.25) is 0 Å². The Morgan fingerprint density at radius 1 is 1.04 bits per heavy atom. The van der Waals surface area contributed by atoms with Crippen molar-refractivity contribution in [3.05, 3.63) is 60.2 Å². The number of guanidine groups is 1. The Balaban J connectivity index is 0.00000392. The largest absolute Gasteiger partial charge is 0.491 e. The lowest BCUT2D eigenvalue weighted by molar-refractivity contribution is 0.242. The fourth-order valence-electron chi connectivity index (χ4n) is 2.82. The highest BCUT2D eigenvalue weighted by atomic mass is 127. The highest BCUT2D eigenvalue weighted by Gasteiger charge is 2.20. The molecule has 28 heavy (non-hydrogen) atoms. The molecule has 0 spiro atoms. The Hall–Kier alpha value is -1.80. The first-order valence-electron chi connectivity index (χ1n) is 9.41. The molecule has 5 nitrogen and oxygen atoms in total. The van der Waals surface area contributed by atoms with Crippen molar-refractivity contribution in [1.29, 1.82) is 0 Å². The topological polar surface area (TPSA) is 71.7 Å². The summed E-state index contributed by atoms with van der Waals surface area (Å²) < 4.78 is 5.64. The van der Waals surface area contributed by atoms with E-state index in [-0.39, 0.29) is 41.7 Å². The molecule has 6 heteroatoms. The third-order valence-corrected chi connectivity index (χ3v) is 4.05. The van der Waals surface area contributed by atoms with Crippen molar-refractivity contribution >= 4 is 35.6 Å². The summed E-state index contributed by atoms with van der Waals surface area (Å²) in [4.78, 5) is 4.50. The lowest BCUT2D eigenvalue weighted by atomic mass is 10.0. The minimum absolute atomic E-state index is 0. The second kappa shape index (κ2) is 11.3. The number of halogens is 1. The highest BCUT2D eigenvalue weighted by Crippen LogP contribution is 2.18. The van der Waals surface area contributed by atoms with Crippen molar-refractivity contribution in [2.75, 3.05) is 11.9 Å². The molecule has 2 aromatic carbocycles. The Morgan fingerprint density at radius 3 is 2.21 bits per heavy atom. The summed E-state index contributed by atoms with van der Waals surface area (Å²) >= 11 is 0. The van der Waals surface area contributed by atoms with E-state index >= 15 is 0 Å². The fourth-order valence-corrected chi connectivity index (χ4v) is 2.82. The van der Waals surface area contributed by atoms with Crippen LogP contribution in [0.5, 0.6) is 5.75 Å². The van der Waals surface area contributed by atoms with Gasteiger partial charge in [-0.25, -0.2) is 0 Å². The Morgan fingerprint density at radius 2 is 1.64 bits per heavy atom. The van der Waals surface area contributed by atoms with Crippen LogP contribution in [0.2, 0.25) is 0 Å². The molecular weight excluding hydrogens is 463 g/mol. The third kappa shape index (κ3) is 8.48. The predicted molar refractivity (Wildman–Crippen MR) is 130 cm³/mol. The number of nitrogens with zero attached hydrogens (tertiary/aromatic N) is 1. The van der Waals surface area contributed by atoms with Gasteiger partial charge in [-0.1, -0.05) is 30.3 Å². The minimum Gasteiger partial charge on any atom is -0.491 e. The lowest BCUT2D eigenvalue weighted by Gasteiger charge is -2.29. The van der Waals surface area contributed by atoms with Crippen molar-refractivity contribution in [2.24, 2.45) is 10.7 Å². The molecule has 2 rings (SSSR count). The molecular formula is C22H33IN4O. The Labute approximate surface area is 186 Å². The average molecular weight is 496 g/mol. The van der Waals surface area contributed by atoms with Gasteiger partial charge in [-0.05, 0) is 64.4 Å². The molecule has 0 aliphatic carbocycles. The monoisotopic (exact) mass is 496 g/mol. The molecule has 0 aliphatic heterocycles. The van der Waals surface area contributed by atoms with E-state index in [2.05, 4.69) is 60.7 Å². The van der Waals surface area contributed by atoms with Crippen molar-refractivity contribution < 1.29 is 4.74 Å². The van der Waals surface area contributed by atoms with Crippen LogP contribution in [0.4, 0.5) is 5.69 Å². The maximum atomic E-state index is 6.05. The quantitative estimate of drug-likeness (QED) is 0.275. The summed E-state index contributed by atoms with van der Waals surface area (Å²) in [6.07, 6.45) is 0.156. The fraction of sp³-hybridized carbons (Fsp3) is 0.409. The molecule has 0 aromatic heterocycles. The van der Waals surface area contributed by atoms with E-state index in [4.69, 9.17) is 10.5 Å². The number of hydrogen-bond acceptors (Lipinski definition) is 3.